The summed E-state index contributed by atoms with van der Waals surface area (Å²) in [4.78, 5) is 17.3. The lowest BCUT2D eigenvalue weighted by molar-refractivity contribution is 0.314. The van der Waals surface area contributed by atoms with Crippen LogP contribution in [-0.4, -0.2) is 50.8 Å². The monoisotopic (exact) mass is 324 g/mol. The van der Waals surface area contributed by atoms with Crippen molar-refractivity contribution in [3.05, 3.63) is 36.3 Å². The first-order chi connectivity index (χ1) is 11.6. The van der Waals surface area contributed by atoms with E-state index >= 15 is 0 Å². The number of imidazole rings is 1. The van der Waals surface area contributed by atoms with Crippen LogP contribution in [0.3, 0.4) is 0 Å². The van der Waals surface area contributed by atoms with Crippen LogP contribution in [0.15, 0.2) is 35.2 Å². The Kier molecular flexibility index (Phi) is 3.26. The summed E-state index contributed by atoms with van der Waals surface area (Å²) in [6.45, 7) is 0.623. The fourth-order valence-corrected chi connectivity index (χ4v) is 2.60. The molecule has 4 aromatic rings. The lowest BCUT2D eigenvalue weighted by atomic mass is 10.4. The van der Waals surface area contributed by atoms with Gasteiger partial charge in [0, 0.05) is 27.3 Å². The maximum Gasteiger partial charge on any atom is 0.245 e. The second-order valence-electron chi connectivity index (χ2n) is 5.71. The van der Waals surface area contributed by atoms with Crippen molar-refractivity contribution >= 4 is 28.6 Å². The molecule has 0 aromatic carbocycles. The molecule has 0 aliphatic rings. The lowest BCUT2D eigenvalue weighted by Gasteiger charge is -2.22. The summed E-state index contributed by atoms with van der Waals surface area (Å²) in [5.74, 6) is 1.41. The Morgan fingerprint density at radius 3 is 2.54 bits per heavy atom. The van der Waals surface area contributed by atoms with Gasteiger partial charge < -0.3 is 14.2 Å². The normalized spacial score (nSPS) is 11.3. The van der Waals surface area contributed by atoms with Crippen LogP contribution < -0.4 is 9.80 Å². The van der Waals surface area contributed by atoms with E-state index in [2.05, 4.69) is 29.7 Å². The van der Waals surface area contributed by atoms with Crippen molar-refractivity contribution in [2.75, 3.05) is 30.9 Å². The van der Waals surface area contributed by atoms with E-state index in [1.807, 2.05) is 61.5 Å². The van der Waals surface area contributed by atoms with Gasteiger partial charge in [0.05, 0.1) is 18.4 Å². The van der Waals surface area contributed by atoms with Crippen LogP contribution in [0.4, 0.5) is 11.6 Å². The summed E-state index contributed by atoms with van der Waals surface area (Å²) in [6.07, 6.45) is 3.86. The predicted molar refractivity (Wildman–Crippen MR) is 89.0 cm³/mol. The molecule has 0 N–H and O–H groups in total. The Bertz CT molecular complexity index is 1000. The van der Waals surface area contributed by atoms with Gasteiger partial charge in [0.25, 0.3) is 0 Å². The van der Waals surface area contributed by atoms with Crippen molar-refractivity contribution in [3.8, 4) is 0 Å². The largest absolute Gasteiger partial charge is 0.360 e. The maximum absolute atomic E-state index is 4.72. The third-order valence-electron chi connectivity index (χ3n) is 3.76. The van der Waals surface area contributed by atoms with Gasteiger partial charge in [0.15, 0.2) is 11.6 Å². The van der Waals surface area contributed by atoms with Crippen LogP contribution in [-0.2, 0) is 6.54 Å². The Labute approximate surface area is 137 Å². The fourth-order valence-electron chi connectivity index (χ4n) is 2.60. The summed E-state index contributed by atoms with van der Waals surface area (Å²) >= 11 is 0. The van der Waals surface area contributed by atoms with E-state index in [0.717, 1.165) is 11.3 Å². The molecule has 0 spiro atoms. The van der Waals surface area contributed by atoms with E-state index in [1.54, 1.807) is 0 Å². The van der Waals surface area contributed by atoms with E-state index in [-0.39, 0.29) is 0 Å². The van der Waals surface area contributed by atoms with E-state index in [0.29, 0.717) is 29.5 Å². The van der Waals surface area contributed by atoms with Crippen molar-refractivity contribution in [2.45, 2.75) is 6.54 Å². The van der Waals surface area contributed by atoms with Crippen molar-refractivity contribution in [2.24, 2.45) is 0 Å². The topological polar surface area (TPSA) is 88.5 Å². The van der Waals surface area contributed by atoms with E-state index in [4.69, 9.17) is 4.63 Å². The highest BCUT2D eigenvalue weighted by molar-refractivity contribution is 5.74. The molecule has 0 aliphatic carbocycles. The van der Waals surface area contributed by atoms with Gasteiger partial charge in [-0.2, -0.15) is 0 Å². The highest BCUT2D eigenvalue weighted by atomic mass is 16.6. The Balaban J connectivity index is 1.74. The summed E-state index contributed by atoms with van der Waals surface area (Å²) in [6, 6.07) is 5.93. The molecule has 0 unspecified atom stereocenters. The standard InChI is InChI=1S/C15H16N8O/c1-21(2)14-15(18-13-12(17-14)19-24-20-13)22(3)9-10-8-16-11-6-4-5-7-23(10)11/h4-8H,9H2,1-3H3. The van der Waals surface area contributed by atoms with Gasteiger partial charge in [-0.1, -0.05) is 6.07 Å². The first kappa shape index (κ1) is 14.4. The first-order valence-corrected chi connectivity index (χ1v) is 7.43. The summed E-state index contributed by atoms with van der Waals surface area (Å²) in [5, 5.41) is 7.55. The van der Waals surface area contributed by atoms with Crippen molar-refractivity contribution < 1.29 is 4.63 Å². The minimum absolute atomic E-state index is 0.389. The van der Waals surface area contributed by atoms with E-state index in [1.165, 1.54) is 0 Å². The molecule has 0 atom stereocenters. The molecule has 0 radical (unpaired) electrons. The number of rotatable bonds is 4. The molecular formula is C15H16N8O. The maximum atomic E-state index is 4.72. The molecule has 122 valence electrons. The summed E-state index contributed by atoms with van der Waals surface area (Å²) in [5.41, 5.74) is 2.75. The Morgan fingerprint density at radius 1 is 1.04 bits per heavy atom. The molecule has 24 heavy (non-hydrogen) atoms. The van der Waals surface area contributed by atoms with Crippen LogP contribution in [0.2, 0.25) is 0 Å². The van der Waals surface area contributed by atoms with Gasteiger partial charge in [-0.3, -0.25) is 0 Å². The van der Waals surface area contributed by atoms with Crippen LogP contribution in [0.25, 0.3) is 16.9 Å². The van der Waals surface area contributed by atoms with E-state index < -0.39 is 0 Å². The average Bonchev–Trinajstić information content (AvgIpc) is 3.20. The number of nitrogens with zero attached hydrogens (tertiary/aromatic N) is 8. The Morgan fingerprint density at radius 2 is 1.79 bits per heavy atom. The van der Waals surface area contributed by atoms with Gasteiger partial charge in [-0.25, -0.2) is 19.6 Å². The number of hydrogen-bond acceptors (Lipinski definition) is 8. The third-order valence-corrected chi connectivity index (χ3v) is 3.76. The minimum atomic E-state index is 0.389. The molecule has 4 rings (SSSR count). The van der Waals surface area contributed by atoms with Crippen molar-refractivity contribution in [1.82, 2.24) is 29.7 Å². The van der Waals surface area contributed by atoms with Crippen LogP contribution in [0, 0.1) is 0 Å². The second-order valence-corrected chi connectivity index (χ2v) is 5.71. The number of hydrogen-bond donors (Lipinski definition) is 0. The van der Waals surface area contributed by atoms with E-state index in [9.17, 15) is 0 Å². The van der Waals surface area contributed by atoms with Gasteiger partial charge in [-0.05, 0) is 22.4 Å². The minimum Gasteiger partial charge on any atom is -0.360 e. The van der Waals surface area contributed by atoms with Crippen LogP contribution in [0.5, 0.6) is 0 Å². The fraction of sp³-hybridized carbons (Fsp3) is 0.267. The molecule has 0 bridgehead atoms. The SMILES string of the molecule is CN(C)c1nc2nonc2nc1N(C)Cc1cnc2ccccn12. The number of anilines is 2. The van der Waals surface area contributed by atoms with Crippen LogP contribution in [0.1, 0.15) is 5.69 Å². The highest BCUT2D eigenvalue weighted by Crippen LogP contribution is 2.26. The first-order valence-electron chi connectivity index (χ1n) is 7.43. The highest BCUT2D eigenvalue weighted by Gasteiger charge is 2.18. The zero-order valence-corrected chi connectivity index (χ0v) is 13.6. The van der Waals surface area contributed by atoms with Gasteiger partial charge in [-0.15, -0.1) is 0 Å². The number of aromatic nitrogens is 6. The zero-order chi connectivity index (χ0) is 16.7. The van der Waals surface area contributed by atoms with Crippen molar-refractivity contribution in [3.63, 3.8) is 0 Å². The molecule has 9 nitrogen and oxygen atoms in total. The molecule has 9 heteroatoms. The molecule has 0 saturated carbocycles. The third kappa shape index (κ3) is 2.30. The molecular weight excluding hydrogens is 308 g/mol. The molecule has 0 saturated heterocycles. The van der Waals surface area contributed by atoms with Crippen LogP contribution >= 0.6 is 0 Å². The quantitative estimate of drug-likeness (QED) is 0.556. The van der Waals surface area contributed by atoms with Gasteiger partial charge >= 0.3 is 0 Å². The van der Waals surface area contributed by atoms with Crippen molar-refractivity contribution in [1.29, 1.82) is 0 Å². The number of pyridine rings is 1. The molecule has 0 aliphatic heterocycles. The zero-order valence-electron chi connectivity index (χ0n) is 13.6. The Hall–Kier alpha value is -3.23. The average molecular weight is 324 g/mol. The smallest absolute Gasteiger partial charge is 0.245 e. The lowest BCUT2D eigenvalue weighted by Crippen LogP contribution is -2.23. The number of fused-ring (bicyclic) bond motifs is 2. The molecule has 4 aromatic heterocycles. The van der Waals surface area contributed by atoms with Gasteiger partial charge in [0.2, 0.25) is 11.3 Å². The van der Waals surface area contributed by atoms with Gasteiger partial charge in [0.1, 0.15) is 5.65 Å². The molecule has 0 fully saturated rings. The molecule has 0 amide bonds. The summed E-state index contributed by atoms with van der Waals surface area (Å²) in [7, 11) is 5.78. The summed E-state index contributed by atoms with van der Waals surface area (Å²) < 4.78 is 6.77. The molecule has 4 heterocycles. The predicted octanol–water partition coefficient (Wildman–Crippen LogP) is 1.36. The second kappa shape index (κ2) is 5.44.